The third-order valence-corrected chi connectivity index (χ3v) is 25.5. The third-order valence-electron chi connectivity index (χ3n) is 6.92. The van der Waals surface area contributed by atoms with Crippen LogP contribution >= 0.6 is 0 Å². The first-order valence-electron chi connectivity index (χ1n) is 10.5. The maximum absolute atomic E-state index is 14.7. The van der Waals surface area contributed by atoms with Crippen molar-refractivity contribution in [1.29, 1.82) is 0 Å². The van der Waals surface area contributed by atoms with Crippen LogP contribution in [-0.2, 0) is 20.4 Å². The van der Waals surface area contributed by atoms with Crippen molar-refractivity contribution in [2.45, 2.75) is 44.4 Å². The molecule has 0 nitrogen and oxygen atoms in total. The predicted molar refractivity (Wildman–Crippen MR) is 120 cm³/mol. The number of halogens is 4. The Bertz CT molecular complexity index is 1190. The molecule has 4 rings (SSSR count). The van der Waals surface area contributed by atoms with Gasteiger partial charge in [-0.25, -0.2) is 0 Å². The summed E-state index contributed by atoms with van der Waals surface area (Å²) in [5.41, 5.74) is 7.95. The molecule has 0 spiro atoms. The van der Waals surface area contributed by atoms with Gasteiger partial charge < -0.3 is 24.8 Å². The van der Waals surface area contributed by atoms with Gasteiger partial charge in [-0.3, -0.25) is 0 Å². The molecule has 0 N–H and O–H groups in total. The fourth-order valence-corrected chi connectivity index (χ4v) is 24.8. The Morgan fingerprint density at radius 3 is 2.09 bits per heavy atom. The van der Waals surface area contributed by atoms with Crippen molar-refractivity contribution in [2.24, 2.45) is 5.92 Å². The van der Waals surface area contributed by atoms with Crippen LogP contribution in [0.2, 0.25) is 13.1 Å². The van der Waals surface area contributed by atoms with Crippen LogP contribution in [0.3, 0.4) is 0 Å². The molecule has 2 unspecified atom stereocenters. The molecule has 2 aromatic carbocycles. The molecular formula is C26H28Cl2F2SiZr. The normalized spacial score (nSPS) is 19.0. The molecule has 0 heterocycles. The number of fused-ring (bicyclic) bond motifs is 1. The molecule has 2 aliphatic rings. The number of allylic oxidation sites excluding steroid dienone is 5. The number of rotatable bonds is 3. The summed E-state index contributed by atoms with van der Waals surface area (Å²) in [6.45, 7) is 14.2. The van der Waals surface area contributed by atoms with Crippen molar-refractivity contribution < 1.29 is 54.0 Å². The van der Waals surface area contributed by atoms with Gasteiger partial charge in [0, 0.05) is 0 Å². The molecule has 168 valence electrons. The van der Waals surface area contributed by atoms with E-state index < -0.39 is 37.4 Å². The third kappa shape index (κ3) is 4.58. The average molecular weight is 569 g/mol. The van der Waals surface area contributed by atoms with Gasteiger partial charge in [0.25, 0.3) is 0 Å². The molecule has 0 radical (unpaired) electrons. The van der Waals surface area contributed by atoms with Crippen LogP contribution < -0.4 is 24.8 Å². The van der Waals surface area contributed by atoms with Crippen LogP contribution in [0.5, 0.6) is 0 Å². The van der Waals surface area contributed by atoms with Crippen molar-refractivity contribution in [1.82, 2.24) is 0 Å². The van der Waals surface area contributed by atoms with Crippen LogP contribution in [0.15, 0.2) is 68.5 Å². The van der Waals surface area contributed by atoms with Crippen LogP contribution in [0, 0.1) is 17.6 Å². The van der Waals surface area contributed by atoms with E-state index in [0.29, 0.717) is 15.1 Å². The summed E-state index contributed by atoms with van der Waals surface area (Å²) in [6.07, 6.45) is 2.34. The molecule has 2 aromatic rings. The van der Waals surface area contributed by atoms with E-state index in [1.807, 2.05) is 6.07 Å². The maximum atomic E-state index is 14.7. The minimum absolute atomic E-state index is 0. The van der Waals surface area contributed by atoms with E-state index in [4.69, 9.17) is 0 Å². The zero-order valence-electron chi connectivity index (χ0n) is 19.3. The molecule has 6 heteroatoms. The molecule has 2 aliphatic carbocycles. The number of benzene rings is 2. The molecule has 0 saturated carbocycles. The van der Waals surface area contributed by atoms with Gasteiger partial charge in [-0.1, -0.05) is 0 Å². The Balaban J connectivity index is 0.00000181. The Morgan fingerprint density at radius 2 is 1.53 bits per heavy atom. The van der Waals surface area contributed by atoms with Crippen LogP contribution in [0.1, 0.15) is 48.0 Å². The zero-order chi connectivity index (χ0) is 21.7. The molecule has 2 atom stereocenters. The topological polar surface area (TPSA) is 0 Å². The summed E-state index contributed by atoms with van der Waals surface area (Å²) in [4.78, 5) is 0. The summed E-state index contributed by atoms with van der Waals surface area (Å²) in [5.74, 6) is -0.467. The minimum Gasteiger partial charge on any atom is -1.00 e. The van der Waals surface area contributed by atoms with Gasteiger partial charge in [-0.05, 0) is 0 Å². The van der Waals surface area contributed by atoms with Crippen LogP contribution in [0.25, 0.3) is 5.57 Å². The van der Waals surface area contributed by atoms with E-state index in [9.17, 15) is 8.78 Å². The Labute approximate surface area is 210 Å². The van der Waals surface area contributed by atoms with Crippen molar-refractivity contribution in [3.63, 3.8) is 0 Å². The molecule has 0 aliphatic heterocycles. The SMILES string of the molecule is CC1=C(C)C(C)[C]([Zr+2]([CH]2C=C(c3ccc(F)cc3F)c3ccccc32)=[Si](C)C)=C1C.[Cl-].[Cl-]. The fraction of sp³-hybridized carbons (Fsp3) is 0.308. The first-order valence-corrected chi connectivity index (χ1v) is 19.4. The molecular weight excluding hydrogens is 540 g/mol. The van der Waals surface area contributed by atoms with E-state index in [-0.39, 0.29) is 24.8 Å². The summed E-state index contributed by atoms with van der Waals surface area (Å²) in [6, 6.07) is 12.4. The van der Waals surface area contributed by atoms with E-state index in [0.717, 1.165) is 17.2 Å². The Hall–Kier alpha value is -0.800. The summed E-state index contributed by atoms with van der Waals surface area (Å²) in [7, 11) is 0. The zero-order valence-corrected chi connectivity index (χ0v) is 24.3. The van der Waals surface area contributed by atoms with E-state index in [2.05, 4.69) is 65.1 Å². The average Bonchev–Trinajstić information content (AvgIpc) is 3.16. The smallest absolute Gasteiger partial charge is 1.00 e. The first-order chi connectivity index (χ1) is 14.2. The molecule has 0 aromatic heterocycles. The largest absolute Gasteiger partial charge is 1.00 e. The van der Waals surface area contributed by atoms with E-state index in [1.165, 1.54) is 28.3 Å². The second-order valence-corrected chi connectivity index (χ2v) is 26.2. The molecule has 0 saturated heterocycles. The first kappa shape index (κ1) is 27.4. The fourth-order valence-electron chi connectivity index (χ4n) is 5.09. The molecule has 0 fully saturated rings. The van der Waals surface area contributed by atoms with Gasteiger partial charge in [0.1, 0.15) is 0 Å². The van der Waals surface area contributed by atoms with Crippen LogP contribution in [0.4, 0.5) is 8.78 Å². The van der Waals surface area contributed by atoms with Gasteiger partial charge in [0.15, 0.2) is 0 Å². The second kappa shape index (κ2) is 10.6. The maximum Gasteiger partial charge on any atom is -1.00 e. The molecule has 32 heavy (non-hydrogen) atoms. The van der Waals surface area contributed by atoms with Crippen molar-refractivity contribution in [3.8, 4) is 0 Å². The number of hydrogen-bond donors (Lipinski definition) is 0. The second-order valence-electron chi connectivity index (χ2n) is 8.75. The monoisotopic (exact) mass is 566 g/mol. The standard InChI is InChI=1S/C15H9F2.C9H13.C2H6Si.2ClH.Zr/c16-11-6-8-14(15(17)9-11)13-7-5-10-3-1-2-4-12(10)13;1-6-5-7(2)9(4)8(6)3;1-3-2;;;/h1-9H;6H,1-4H3;1-2H3;2*1H;/q;;;;;+2/p-2. The molecule has 0 bridgehead atoms. The van der Waals surface area contributed by atoms with Gasteiger partial charge in [-0.15, -0.1) is 0 Å². The van der Waals surface area contributed by atoms with Crippen LogP contribution in [-0.4, -0.2) is 5.43 Å². The summed E-state index contributed by atoms with van der Waals surface area (Å²) in [5, 5.41) is 0. The molecule has 0 amide bonds. The van der Waals surface area contributed by atoms with Gasteiger partial charge in [0.05, 0.1) is 0 Å². The Kier molecular flexibility index (Phi) is 9.12. The van der Waals surface area contributed by atoms with Crippen molar-refractivity contribution >= 4 is 11.0 Å². The van der Waals surface area contributed by atoms with E-state index >= 15 is 0 Å². The summed E-state index contributed by atoms with van der Waals surface area (Å²) < 4.78 is 30.5. The predicted octanol–water partition coefficient (Wildman–Crippen LogP) is 1.59. The summed E-state index contributed by atoms with van der Waals surface area (Å²) >= 11 is -2.11. The number of hydrogen-bond acceptors (Lipinski definition) is 0. The van der Waals surface area contributed by atoms with Gasteiger partial charge >= 0.3 is 187 Å². The Morgan fingerprint density at radius 1 is 0.875 bits per heavy atom. The van der Waals surface area contributed by atoms with Gasteiger partial charge in [-0.2, -0.15) is 0 Å². The minimum atomic E-state index is -2.11. The van der Waals surface area contributed by atoms with Gasteiger partial charge in [0.2, 0.25) is 0 Å². The van der Waals surface area contributed by atoms with Crippen molar-refractivity contribution in [2.75, 3.05) is 0 Å². The van der Waals surface area contributed by atoms with Crippen molar-refractivity contribution in [3.05, 3.63) is 96.9 Å². The van der Waals surface area contributed by atoms with E-state index in [1.54, 1.807) is 9.35 Å². The quantitative estimate of drug-likeness (QED) is 0.494.